The molecule has 2 aliphatic rings. The molecule has 1 amide bonds. The topological polar surface area (TPSA) is 20.3 Å². The number of hydrogen-bond donors (Lipinski definition) is 0. The fraction of sp³-hybridized carbons (Fsp3) is 0.318. The highest BCUT2D eigenvalue weighted by atomic mass is 79.9. The largest absolute Gasteiger partial charge is 0.330 e. The first-order chi connectivity index (χ1) is 12.1. The van der Waals surface area contributed by atoms with Gasteiger partial charge in [-0.2, -0.15) is 0 Å². The number of halogens is 1. The molecule has 0 aromatic heterocycles. The van der Waals surface area contributed by atoms with Gasteiger partial charge in [-0.25, -0.2) is 0 Å². The molecule has 1 heterocycles. The number of carbonyl (C=O) groups is 1. The van der Waals surface area contributed by atoms with Crippen molar-refractivity contribution in [1.29, 1.82) is 0 Å². The second-order valence-electron chi connectivity index (χ2n) is 7.20. The molecule has 1 aliphatic carbocycles. The van der Waals surface area contributed by atoms with Crippen molar-refractivity contribution in [3.63, 3.8) is 0 Å². The predicted molar refractivity (Wildman–Crippen MR) is 104 cm³/mol. The minimum Gasteiger partial charge on any atom is -0.330 e. The molecule has 0 N–H and O–H groups in total. The van der Waals surface area contributed by atoms with Crippen molar-refractivity contribution in [1.82, 2.24) is 4.90 Å². The lowest BCUT2D eigenvalue weighted by molar-refractivity contribution is -0.133. The lowest BCUT2D eigenvalue weighted by Crippen LogP contribution is -2.29. The molecular formula is C22H22BrNO. The van der Waals surface area contributed by atoms with E-state index >= 15 is 0 Å². The molecule has 128 valence electrons. The molecule has 4 rings (SSSR count). The van der Waals surface area contributed by atoms with Crippen LogP contribution in [0.2, 0.25) is 0 Å². The quantitative estimate of drug-likeness (QED) is 0.640. The maximum Gasteiger partial charge on any atom is 0.227 e. The Labute approximate surface area is 157 Å². The van der Waals surface area contributed by atoms with Gasteiger partial charge < -0.3 is 4.90 Å². The van der Waals surface area contributed by atoms with Gasteiger partial charge in [0, 0.05) is 22.9 Å². The Hall–Kier alpha value is -1.87. The molecule has 0 saturated carbocycles. The lowest BCUT2D eigenvalue weighted by atomic mass is 9.77. The van der Waals surface area contributed by atoms with Gasteiger partial charge in [0.2, 0.25) is 5.91 Å². The van der Waals surface area contributed by atoms with Crippen LogP contribution in [0, 0.1) is 17.8 Å². The van der Waals surface area contributed by atoms with E-state index in [1.54, 1.807) is 0 Å². The zero-order valence-corrected chi connectivity index (χ0v) is 15.9. The van der Waals surface area contributed by atoms with Crippen LogP contribution in [-0.4, -0.2) is 10.8 Å². The maximum absolute atomic E-state index is 13.3. The molecule has 1 unspecified atom stereocenters. The van der Waals surface area contributed by atoms with Crippen LogP contribution >= 0.6 is 15.9 Å². The summed E-state index contributed by atoms with van der Waals surface area (Å²) in [7, 11) is 0. The second kappa shape index (κ2) is 6.80. The Bertz CT molecular complexity index is 801. The third-order valence-corrected chi connectivity index (χ3v) is 6.19. The SMILES string of the molecule is CC1C=C[C@H]2[C@H](C1)C(=O)N(Cc1ccccc1)[C@H]2c1ccccc1Br. The monoisotopic (exact) mass is 395 g/mol. The molecule has 1 fully saturated rings. The zero-order valence-electron chi connectivity index (χ0n) is 14.3. The van der Waals surface area contributed by atoms with E-state index in [9.17, 15) is 4.79 Å². The number of hydrogen-bond acceptors (Lipinski definition) is 1. The summed E-state index contributed by atoms with van der Waals surface area (Å²) in [6.45, 7) is 2.87. The summed E-state index contributed by atoms with van der Waals surface area (Å²) < 4.78 is 1.08. The van der Waals surface area contributed by atoms with Crippen molar-refractivity contribution in [3.05, 3.63) is 82.3 Å². The zero-order chi connectivity index (χ0) is 17.4. The molecule has 0 spiro atoms. The van der Waals surface area contributed by atoms with Crippen LogP contribution < -0.4 is 0 Å². The number of carbonyl (C=O) groups excluding carboxylic acids is 1. The average Bonchev–Trinajstić information content (AvgIpc) is 2.88. The van der Waals surface area contributed by atoms with Gasteiger partial charge in [0.25, 0.3) is 0 Å². The van der Waals surface area contributed by atoms with Crippen molar-refractivity contribution in [2.45, 2.75) is 25.9 Å². The number of amides is 1. The number of rotatable bonds is 3. The van der Waals surface area contributed by atoms with Gasteiger partial charge >= 0.3 is 0 Å². The van der Waals surface area contributed by atoms with Crippen LogP contribution in [0.15, 0.2) is 71.2 Å². The van der Waals surface area contributed by atoms with E-state index in [1.165, 1.54) is 11.1 Å². The highest BCUT2D eigenvalue weighted by molar-refractivity contribution is 9.10. The van der Waals surface area contributed by atoms with Gasteiger partial charge in [-0.1, -0.05) is 83.5 Å². The number of likely N-dealkylation sites (tertiary alicyclic amines) is 1. The van der Waals surface area contributed by atoms with Crippen LogP contribution in [0.5, 0.6) is 0 Å². The molecule has 0 bridgehead atoms. The van der Waals surface area contributed by atoms with Gasteiger partial charge in [0.05, 0.1) is 6.04 Å². The van der Waals surface area contributed by atoms with Crippen LogP contribution in [0.3, 0.4) is 0 Å². The smallest absolute Gasteiger partial charge is 0.227 e. The van der Waals surface area contributed by atoms with E-state index in [0.717, 1.165) is 10.9 Å². The Balaban J connectivity index is 1.76. The molecule has 3 heteroatoms. The minimum absolute atomic E-state index is 0.0945. The van der Waals surface area contributed by atoms with Gasteiger partial charge in [0.1, 0.15) is 0 Å². The summed E-state index contributed by atoms with van der Waals surface area (Å²) >= 11 is 3.71. The predicted octanol–water partition coefficient (Wildman–Crippen LogP) is 5.36. The molecule has 25 heavy (non-hydrogen) atoms. The number of fused-ring (bicyclic) bond motifs is 1. The minimum atomic E-state index is 0.0945. The first-order valence-corrected chi connectivity index (χ1v) is 9.71. The molecular weight excluding hydrogens is 374 g/mol. The van der Waals surface area contributed by atoms with Crippen LogP contribution in [0.25, 0.3) is 0 Å². The lowest BCUT2D eigenvalue weighted by Gasteiger charge is -2.30. The van der Waals surface area contributed by atoms with Crippen molar-refractivity contribution in [3.8, 4) is 0 Å². The molecule has 1 aliphatic heterocycles. The molecule has 2 aromatic rings. The van der Waals surface area contributed by atoms with E-state index in [4.69, 9.17) is 0 Å². The molecule has 1 saturated heterocycles. The van der Waals surface area contributed by atoms with Gasteiger partial charge in [-0.3, -0.25) is 4.79 Å². The number of nitrogens with zero attached hydrogens (tertiary/aromatic N) is 1. The molecule has 4 atom stereocenters. The van der Waals surface area contributed by atoms with E-state index in [1.807, 2.05) is 24.3 Å². The summed E-state index contributed by atoms with van der Waals surface area (Å²) in [5.74, 6) is 1.12. The fourth-order valence-corrected chi connectivity index (χ4v) is 4.80. The van der Waals surface area contributed by atoms with E-state index in [2.05, 4.69) is 70.2 Å². The second-order valence-corrected chi connectivity index (χ2v) is 8.05. The van der Waals surface area contributed by atoms with Crippen LogP contribution in [0.4, 0.5) is 0 Å². The van der Waals surface area contributed by atoms with Crippen molar-refractivity contribution >= 4 is 21.8 Å². The summed E-state index contributed by atoms with van der Waals surface area (Å²) in [4.78, 5) is 15.4. The van der Waals surface area contributed by atoms with Crippen molar-refractivity contribution in [2.24, 2.45) is 17.8 Å². The van der Waals surface area contributed by atoms with Crippen molar-refractivity contribution < 1.29 is 4.79 Å². The summed E-state index contributed by atoms with van der Waals surface area (Å²) in [5, 5.41) is 0. The van der Waals surface area contributed by atoms with Crippen molar-refractivity contribution in [2.75, 3.05) is 0 Å². The first-order valence-electron chi connectivity index (χ1n) is 8.92. The van der Waals surface area contributed by atoms with E-state index < -0.39 is 0 Å². The third-order valence-electron chi connectivity index (χ3n) is 5.47. The molecule has 2 nitrogen and oxygen atoms in total. The van der Waals surface area contributed by atoms with Gasteiger partial charge in [-0.15, -0.1) is 0 Å². The highest BCUT2D eigenvalue weighted by Gasteiger charge is 2.48. The normalized spacial score (nSPS) is 28.2. The maximum atomic E-state index is 13.3. The average molecular weight is 396 g/mol. The molecule has 0 radical (unpaired) electrons. The third kappa shape index (κ3) is 3.06. The highest BCUT2D eigenvalue weighted by Crippen LogP contribution is 2.49. The first kappa shape index (κ1) is 16.6. The Morgan fingerprint density at radius 3 is 2.52 bits per heavy atom. The van der Waals surface area contributed by atoms with Gasteiger partial charge in [0.15, 0.2) is 0 Å². The fourth-order valence-electron chi connectivity index (χ4n) is 4.28. The van der Waals surface area contributed by atoms with Gasteiger partial charge in [-0.05, 0) is 29.5 Å². The van der Waals surface area contributed by atoms with E-state index in [0.29, 0.717) is 18.4 Å². The number of benzene rings is 2. The van der Waals surface area contributed by atoms with Crippen LogP contribution in [0.1, 0.15) is 30.5 Å². The molecule has 2 aromatic carbocycles. The standard InChI is InChI=1S/C22H22BrNO/c1-15-11-12-17-19(13-15)22(25)24(14-16-7-3-2-4-8-16)21(17)18-9-5-6-10-20(18)23/h2-12,15,17,19,21H,13-14H2,1H3/t15?,17-,19-,21+/m0/s1. The Morgan fingerprint density at radius 2 is 1.76 bits per heavy atom. The number of allylic oxidation sites excluding steroid dienone is 1. The Morgan fingerprint density at radius 1 is 1.04 bits per heavy atom. The van der Waals surface area contributed by atoms with Crippen LogP contribution in [-0.2, 0) is 11.3 Å². The summed E-state index contributed by atoms with van der Waals surface area (Å²) in [5.41, 5.74) is 2.39. The van der Waals surface area contributed by atoms with E-state index in [-0.39, 0.29) is 17.9 Å². The summed E-state index contributed by atoms with van der Waals surface area (Å²) in [6.07, 6.45) is 5.52. The Kier molecular flexibility index (Phi) is 4.51. The summed E-state index contributed by atoms with van der Waals surface area (Å²) in [6, 6.07) is 18.7.